The quantitative estimate of drug-likeness (QED) is 0.905. The van der Waals surface area contributed by atoms with Crippen molar-refractivity contribution in [3.8, 4) is 5.75 Å². The van der Waals surface area contributed by atoms with Gasteiger partial charge in [-0.05, 0) is 37.5 Å². The first-order chi connectivity index (χ1) is 10.6. The lowest BCUT2D eigenvalue weighted by atomic mass is 10.1. The topological polar surface area (TPSA) is 75.7 Å². The van der Waals surface area contributed by atoms with Gasteiger partial charge in [-0.15, -0.1) is 0 Å². The largest absolute Gasteiger partial charge is 0.476 e. The molecule has 6 nitrogen and oxygen atoms in total. The molecule has 0 radical (unpaired) electrons. The van der Waals surface area contributed by atoms with E-state index >= 15 is 0 Å². The summed E-state index contributed by atoms with van der Waals surface area (Å²) in [7, 11) is -3.49. The molecule has 0 aromatic heterocycles. The van der Waals surface area contributed by atoms with Crippen LogP contribution in [0.1, 0.15) is 26.3 Å². The molecule has 23 heavy (non-hydrogen) atoms. The maximum atomic E-state index is 12.4. The van der Waals surface area contributed by atoms with Gasteiger partial charge in [-0.25, -0.2) is 8.42 Å². The predicted molar refractivity (Wildman–Crippen MR) is 90.2 cm³/mol. The molecule has 7 heteroatoms. The van der Waals surface area contributed by atoms with Crippen molar-refractivity contribution in [1.29, 1.82) is 0 Å². The fourth-order valence-electron chi connectivity index (χ4n) is 2.30. The molecule has 1 amide bonds. The molecule has 1 aromatic carbocycles. The second-order valence-electron chi connectivity index (χ2n) is 6.41. The Hall–Kier alpha value is -1.76. The van der Waals surface area contributed by atoms with Crippen molar-refractivity contribution in [2.45, 2.75) is 39.8 Å². The number of benzene rings is 1. The first kappa shape index (κ1) is 17.6. The molecule has 1 heterocycles. The minimum atomic E-state index is -3.49. The van der Waals surface area contributed by atoms with E-state index in [0.717, 1.165) is 11.8 Å². The molecule has 1 aliphatic heterocycles. The third kappa shape index (κ3) is 3.96. The molecular formula is C16H24N2O4S. The van der Waals surface area contributed by atoms with Gasteiger partial charge in [-0.3, -0.25) is 9.10 Å². The fraction of sp³-hybridized carbons (Fsp3) is 0.562. The van der Waals surface area contributed by atoms with Crippen LogP contribution >= 0.6 is 0 Å². The Labute approximate surface area is 137 Å². The highest BCUT2D eigenvalue weighted by Gasteiger charge is 2.35. The molecule has 1 N–H and O–H groups in total. The zero-order chi connectivity index (χ0) is 17.4. The average molecular weight is 340 g/mol. The monoisotopic (exact) mass is 340 g/mol. The number of nitrogens with zero attached hydrogens (tertiary/aromatic N) is 1. The molecule has 0 fully saturated rings. The first-order valence-corrected chi connectivity index (χ1v) is 9.50. The summed E-state index contributed by atoms with van der Waals surface area (Å²) in [5.74, 6) is 0.397. The Morgan fingerprint density at radius 3 is 2.57 bits per heavy atom. The number of nitrogens with one attached hydrogen (secondary N) is 1. The molecule has 2 atom stereocenters. The zero-order valence-electron chi connectivity index (χ0n) is 14.2. The summed E-state index contributed by atoms with van der Waals surface area (Å²) in [4.78, 5) is 12.4. The van der Waals surface area contributed by atoms with E-state index in [4.69, 9.17) is 4.74 Å². The number of aryl methyl sites for hydroxylation is 1. The van der Waals surface area contributed by atoms with E-state index in [9.17, 15) is 13.2 Å². The number of carbonyl (C=O) groups is 1. The fourth-order valence-corrected chi connectivity index (χ4v) is 3.21. The van der Waals surface area contributed by atoms with Crippen molar-refractivity contribution in [2.24, 2.45) is 5.92 Å². The Kier molecular flexibility index (Phi) is 4.89. The highest BCUT2D eigenvalue weighted by molar-refractivity contribution is 7.92. The van der Waals surface area contributed by atoms with Crippen LogP contribution < -0.4 is 14.4 Å². The molecule has 0 bridgehead atoms. The number of fused-ring (bicyclic) bond motifs is 1. The van der Waals surface area contributed by atoms with E-state index < -0.39 is 16.1 Å². The summed E-state index contributed by atoms with van der Waals surface area (Å²) in [6.45, 7) is 7.80. The van der Waals surface area contributed by atoms with Crippen LogP contribution in [0, 0.1) is 12.8 Å². The Morgan fingerprint density at radius 1 is 1.35 bits per heavy atom. The molecule has 0 spiro atoms. The number of carbonyl (C=O) groups excluding carboxylic acids is 1. The smallest absolute Gasteiger partial charge is 0.263 e. The molecule has 128 valence electrons. The van der Waals surface area contributed by atoms with E-state index in [2.05, 4.69) is 5.32 Å². The number of rotatable bonds is 4. The maximum absolute atomic E-state index is 12.4. The van der Waals surface area contributed by atoms with Crippen molar-refractivity contribution in [2.75, 3.05) is 17.1 Å². The van der Waals surface area contributed by atoms with E-state index in [-0.39, 0.29) is 24.4 Å². The maximum Gasteiger partial charge on any atom is 0.263 e. The molecule has 0 saturated carbocycles. The molecule has 0 unspecified atom stereocenters. The van der Waals surface area contributed by atoms with Crippen molar-refractivity contribution >= 4 is 21.6 Å². The predicted octanol–water partition coefficient (Wildman–Crippen LogP) is 1.68. The van der Waals surface area contributed by atoms with Crippen LogP contribution in [0.5, 0.6) is 5.75 Å². The number of ether oxygens (including phenoxy) is 1. The van der Waals surface area contributed by atoms with Crippen molar-refractivity contribution in [1.82, 2.24) is 5.32 Å². The van der Waals surface area contributed by atoms with Crippen LogP contribution in [0.15, 0.2) is 18.2 Å². The Morgan fingerprint density at radius 2 is 2.00 bits per heavy atom. The van der Waals surface area contributed by atoms with Gasteiger partial charge in [0.25, 0.3) is 5.91 Å². The lowest BCUT2D eigenvalue weighted by Crippen LogP contribution is -2.52. The summed E-state index contributed by atoms with van der Waals surface area (Å²) in [5, 5.41) is 2.88. The highest BCUT2D eigenvalue weighted by atomic mass is 32.2. The van der Waals surface area contributed by atoms with Crippen LogP contribution in [-0.2, 0) is 14.8 Å². The summed E-state index contributed by atoms with van der Waals surface area (Å²) in [6, 6.07) is 5.26. The van der Waals surface area contributed by atoms with Crippen LogP contribution in [-0.4, -0.2) is 39.3 Å². The van der Waals surface area contributed by atoms with Gasteiger partial charge in [0.05, 0.1) is 18.5 Å². The average Bonchev–Trinajstić information content (AvgIpc) is 2.44. The summed E-state index contributed by atoms with van der Waals surface area (Å²) < 4.78 is 31.1. The van der Waals surface area contributed by atoms with Crippen LogP contribution in [0.25, 0.3) is 0 Å². The van der Waals surface area contributed by atoms with Crippen molar-refractivity contribution in [3.63, 3.8) is 0 Å². The van der Waals surface area contributed by atoms with Gasteiger partial charge in [0.15, 0.2) is 6.10 Å². The van der Waals surface area contributed by atoms with Crippen LogP contribution in [0.4, 0.5) is 5.69 Å². The number of hydrogen-bond donors (Lipinski definition) is 1. The second-order valence-corrected chi connectivity index (χ2v) is 8.32. The third-order valence-electron chi connectivity index (χ3n) is 4.05. The van der Waals surface area contributed by atoms with Gasteiger partial charge < -0.3 is 10.1 Å². The molecule has 1 aliphatic rings. The summed E-state index contributed by atoms with van der Waals surface area (Å²) >= 11 is 0. The van der Waals surface area contributed by atoms with Gasteiger partial charge in [0.2, 0.25) is 10.0 Å². The number of hydrogen-bond acceptors (Lipinski definition) is 4. The van der Waals surface area contributed by atoms with E-state index in [1.54, 1.807) is 12.1 Å². The lowest BCUT2D eigenvalue weighted by Gasteiger charge is -2.34. The second kappa shape index (κ2) is 6.39. The van der Waals surface area contributed by atoms with Gasteiger partial charge in [-0.1, -0.05) is 19.9 Å². The number of anilines is 1. The Bertz CT molecular complexity index is 700. The molecule has 2 rings (SSSR count). The lowest BCUT2D eigenvalue weighted by molar-refractivity contribution is -0.128. The number of amides is 1. The Balaban J connectivity index is 2.31. The highest BCUT2D eigenvalue weighted by Crippen LogP contribution is 2.35. The van der Waals surface area contributed by atoms with E-state index in [1.165, 1.54) is 4.31 Å². The molecule has 1 aromatic rings. The minimum Gasteiger partial charge on any atom is -0.476 e. The van der Waals surface area contributed by atoms with Crippen LogP contribution in [0.3, 0.4) is 0 Å². The van der Waals surface area contributed by atoms with Crippen molar-refractivity contribution < 1.29 is 17.9 Å². The first-order valence-electron chi connectivity index (χ1n) is 7.65. The SMILES string of the molecule is Cc1ccc2c(c1)O[C@H](C(=O)N[C@H](C)C(C)C)CN2S(C)(=O)=O. The van der Waals surface area contributed by atoms with Gasteiger partial charge in [-0.2, -0.15) is 0 Å². The minimum absolute atomic E-state index is 0.0170. The normalized spacial score (nSPS) is 19.0. The van der Waals surface area contributed by atoms with Gasteiger partial charge in [0, 0.05) is 6.04 Å². The molecular weight excluding hydrogens is 316 g/mol. The molecule has 0 saturated heterocycles. The van der Waals surface area contributed by atoms with E-state index in [0.29, 0.717) is 11.4 Å². The third-order valence-corrected chi connectivity index (χ3v) is 5.19. The van der Waals surface area contributed by atoms with Crippen molar-refractivity contribution in [3.05, 3.63) is 23.8 Å². The standard InChI is InChI=1S/C16H24N2O4S/c1-10(2)12(4)17-16(19)15-9-18(23(5,20)21)13-7-6-11(3)8-14(13)22-15/h6-8,10,12,15H,9H2,1-5H3,(H,17,19)/t12-,15+/m1/s1. The van der Waals surface area contributed by atoms with E-state index in [1.807, 2.05) is 33.8 Å². The molecule has 0 aliphatic carbocycles. The summed E-state index contributed by atoms with van der Waals surface area (Å²) in [5.41, 5.74) is 1.41. The zero-order valence-corrected chi connectivity index (χ0v) is 15.0. The van der Waals surface area contributed by atoms with Gasteiger partial charge >= 0.3 is 0 Å². The summed E-state index contributed by atoms with van der Waals surface area (Å²) in [6.07, 6.45) is 0.272. The van der Waals surface area contributed by atoms with Crippen LogP contribution in [0.2, 0.25) is 0 Å². The van der Waals surface area contributed by atoms with Gasteiger partial charge in [0.1, 0.15) is 5.75 Å². The number of sulfonamides is 1.